The van der Waals surface area contributed by atoms with Gasteiger partial charge in [-0.15, -0.1) is 12.4 Å². The predicted molar refractivity (Wildman–Crippen MR) is 82.9 cm³/mol. The Balaban J connectivity index is 0.00000242. The molecule has 1 amide bonds. The third-order valence-electron chi connectivity index (χ3n) is 3.56. The third-order valence-corrected chi connectivity index (χ3v) is 3.56. The number of nitrogens with one attached hydrogen (secondary N) is 2. The van der Waals surface area contributed by atoms with Gasteiger partial charge in [-0.2, -0.15) is 8.78 Å². The van der Waals surface area contributed by atoms with Crippen molar-refractivity contribution in [1.82, 2.24) is 10.6 Å². The van der Waals surface area contributed by atoms with Crippen molar-refractivity contribution in [3.8, 4) is 5.75 Å². The molecule has 0 radical (unpaired) electrons. The molecule has 0 bridgehead atoms. The lowest BCUT2D eigenvalue weighted by Crippen LogP contribution is -2.33. The Morgan fingerprint density at radius 3 is 2.95 bits per heavy atom. The van der Waals surface area contributed by atoms with Crippen molar-refractivity contribution in [1.29, 1.82) is 0 Å². The van der Waals surface area contributed by atoms with Crippen LogP contribution in [0.5, 0.6) is 5.75 Å². The average Bonchev–Trinajstić information content (AvgIpc) is 2.48. The molecule has 1 aromatic carbocycles. The maximum atomic E-state index is 12.1. The Morgan fingerprint density at radius 2 is 2.27 bits per heavy atom. The second-order valence-electron chi connectivity index (χ2n) is 5.16. The van der Waals surface area contributed by atoms with Gasteiger partial charge in [-0.25, -0.2) is 0 Å². The van der Waals surface area contributed by atoms with Crippen LogP contribution in [0, 0.1) is 5.92 Å². The van der Waals surface area contributed by atoms with Gasteiger partial charge in [0.05, 0.1) is 0 Å². The minimum absolute atomic E-state index is 0. The van der Waals surface area contributed by atoms with Crippen molar-refractivity contribution >= 4 is 18.3 Å². The lowest BCUT2D eigenvalue weighted by Gasteiger charge is -2.22. The van der Waals surface area contributed by atoms with Crippen LogP contribution in [0.15, 0.2) is 24.3 Å². The molecule has 2 rings (SSSR count). The summed E-state index contributed by atoms with van der Waals surface area (Å²) in [7, 11) is 0. The van der Waals surface area contributed by atoms with E-state index < -0.39 is 6.61 Å². The molecule has 0 saturated carbocycles. The summed E-state index contributed by atoms with van der Waals surface area (Å²) in [6.45, 7) is -0.236. The Kier molecular flexibility index (Phi) is 8.12. The molecule has 124 valence electrons. The van der Waals surface area contributed by atoms with Crippen LogP contribution in [0.3, 0.4) is 0 Å². The highest BCUT2D eigenvalue weighted by Crippen LogP contribution is 2.16. The van der Waals surface area contributed by atoms with E-state index in [1.807, 2.05) is 0 Å². The molecule has 4 nitrogen and oxygen atoms in total. The fraction of sp³-hybridized carbons (Fsp3) is 0.533. The first-order chi connectivity index (χ1) is 10.1. The molecule has 1 fully saturated rings. The standard InChI is InChI=1S/C15H20F2N2O2.ClH/c16-15(17)21-13-5-1-4-12(9-13)14(20)19-8-6-11-3-2-7-18-10-11;/h1,4-5,9,11,15,18H,2-3,6-8,10H2,(H,19,20);1H. The molecular formula is C15H21ClF2N2O2. The van der Waals surface area contributed by atoms with E-state index in [0.29, 0.717) is 18.0 Å². The van der Waals surface area contributed by atoms with Gasteiger partial charge in [0.25, 0.3) is 5.91 Å². The van der Waals surface area contributed by atoms with E-state index in [1.165, 1.54) is 31.0 Å². The van der Waals surface area contributed by atoms with Crippen LogP contribution in [0.4, 0.5) is 8.78 Å². The molecular weight excluding hydrogens is 314 g/mol. The monoisotopic (exact) mass is 334 g/mol. The van der Waals surface area contributed by atoms with Crippen molar-refractivity contribution in [2.75, 3.05) is 19.6 Å². The van der Waals surface area contributed by atoms with Gasteiger partial charge in [-0.3, -0.25) is 4.79 Å². The van der Waals surface area contributed by atoms with E-state index in [4.69, 9.17) is 0 Å². The molecule has 0 spiro atoms. The summed E-state index contributed by atoms with van der Waals surface area (Å²) < 4.78 is 28.5. The number of carbonyl (C=O) groups excluding carboxylic acids is 1. The molecule has 0 aromatic heterocycles. The maximum absolute atomic E-state index is 12.1. The van der Waals surface area contributed by atoms with E-state index in [1.54, 1.807) is 6.07 Å². The molecule has 0 aliphatic carbocycles. The number of benzene rings is 1. The van der Waals surface area contributed by atoms with Crippen LogP contribution >= 0.6 is 12.4 Å². The zero-order valence-electron chi connectivity index (χ0n) is 12.2. The third kappa shape index (κ3) is 6.15. The van der Waals surface area contributed by atoms with Gasteiger partial charge in [-0.1, -0.05) is 6.07 Å². The van der Waals surface area contributed by atoms with E-state index >= 15 is 0 Å². The number of amides is 1. The first-order valence-electron chi connectivity index (χ1n) is 7.19. The summed E-state index contributed by atoms with van der Waals surface area (Å²) >= 11 is 0. The topological polar surface area (TPSA) is 50.4 Å². The molecule has 1 aliphatic heterocycles. The Morgan fingerprint density at radius 1 is 1.45 bits per heavy atom. The zero-order chi connectivity index (χ0) is 15.1. The highest BCUT2D eigenvalue weighted by molar-refractivity contribution is 5.94. The molecule has 2 N–H and O–H groups in total. The van der Waals surface area contributed by atoms with E-state index in [2.05, 4.69) is 15.4 Å². The van der Waals surface area contributed by atoms with Gasteiger partial charge in [0.1, 0.15) is 5.75 Å². The molecule has 22 heavy (non-hydrogen) atoms. The number of carbonyl (C=O) groups is 1. The highest BCUT2D eigenvalue weighted by atomic mass is 35.5. The van der Waals surface area contributed by atoms with Gasteiger partial charge in [0.2, 0.25) is 0 Å². The van der Waals surface area contributed by atoms with Crippen molar-refractivity contribution in [3.63, 3.8) is 0 Å². The van der Waals surface area contributed by atoms with Crippen LogP contribution in [0.1, 0.15) is 29.6 Å². The number of piperidine rings is 1. The Hall–Kier alpha value is -1.40. The maximum Gasteiger partial charge on any atom is 0.387 e. The molecule has 1 heterocycles. The van der Waals surface area contributed by atoms with Gasteiger partial charge >= 0.3 is 6.61 Å². The van der Waals surface area contributed by atoms with Crippen molar-refractivity contribution < 1.29 is 18.3 Å². The quantitative estimate of drug-likeness (QED) is 0.841. The molecule has 1 aromatic rings. The number of hydrogen-bond acceptors (Lipinski definition) is 3. The van der Waals surface area contributed by atoms with Crippen LogP contribution in [-0.4, -0.2) is 32.2 Å². The van der Waals surface area contributed by atoms with E-state index in [9.17, 15) is 13.6 Å². The smallest absolute Gasteiger partial charge is 0.387 e. The van der Waals surface area contributed by atoms with Crippen molar-refractivity contribution in [2.45, 2.75) is 25.9 Å². The largest absolute Gasteiger partial charge is 0.435 e. The first kappa shape index (κ1) is 18.6. The Bertz CT molecular complexity index is 469. The molecule has 1 saturated heterocycles. The van der Waals surface area contributed by atoms with Crippen LogP contribution in [0.2, 0.25) is 0 Å². The number of ether oxygens (including phenoxy) is 1. The average molecular weight is 335 g/mol. The first-order valence-corrected chi connectivity index (χ1v) is 7.19. The van der Waals surface area contributed by atoms with Crippen molar-refractivity contribution in [2.24, 2.45) is 5.92 Å². The van der Waals surface area contributed by atoms with Gasteiger partial charge < -0.3 is 15.4 Å². The van der Waals surface area contributed by atoms with Crippen molar-refractivity contribution in [3.05, 3.63) is 29.8 Å². The number of alkyl halides is 2. The van der Waals surface area contributed by atoms with Gasteiger partial charge in [0, 0.05) is 12.1 Å². The minimum atomic E-state index is -2.89. The Labute approximate surface area is 135 Å². The summed E-state index contributed by atoms with van der Waals surface area (Å²) in [5.41, 5.74) is 0.329. The van der Waals surface area contributed by atoms with Gasteiger partial charge in [0.15, 0.2) is 0 Å². The molecule has 1 unspecified atom stereocenters. The highest BCUT2D eigenvalue weighted by Gasteiger charge is 2.14. The van der Waals surface area contributed by atoms with Gasteiger partial charge in [-0.05, 0) is 56.5 Å². The normalized spacial score (nSPS) is 17.7. The summed E-state index contributed by atoms with van der Waals surface area (Å²) in [5, 5.41) is 6.15. The predicted octanol–water partition coefficient (Wildman–Crippen LogP) is 2.83. The number of rotatable bonds is 6. The van der Waals surface area contributed by atoms with Crippen LogP contribution in [-0.2, 0) is 0 Å². The summed E-state index contributed by atoms with van der Waals surface area (Å²) in [4.78, 5) is 12.0. The lowest BCUT2D eigenvalue weighted by molar-refractivity contribution is -0.0498. The summed E-state index contributed by atoms with van der Waals surface area (Å²) in [6, 6.07) is 5.83. The second-order valence-corrected chi connectivity index (χ2v) is 5.16. The van der Waals surface area contributed by atoms with E-state index in [0.717, 1.165) is 19.5 Å². The lowest BCUT2D eigenvalue weighted by atomic mass is 9.96. The van der Waals surface area contributed by atoms with Crippen LogP contribution in [0.25, 0.3) is 0 Å². The molecule has 7 heteroatoms. The summed E-state index contributed by atoms with van der Waals surface area (Å²) in [5.74, 6) is 0.320. The summed E-state index contributed by atoms with van der Waals surface area (Å²) in [6.07, 6.45) is 3.28. The minimum Gasteiger partial charge on any atom is -0.435 e. The SMILES string of the molecule is Cl.O=C(NCCC1CCCNC1)c1cccc(OC(F)F)c1. The fourth-order valence-corrected chi connectivity index (χ4v) is 2.48. The van der Waals surface area contributed by atoms with E-state index in [-0.39, 0.29) is 24.1 Å². The second kappa shape index (κ2) is 9.58. The fourth-order valence-electron chi connectivity index (χ4n) is 2.48. The van der Waals surface area contributed by atoms with Crippen LogP contribution < -0.4 is 15.4 Å². The molecule has 1 atom stereocenters. The molecule has 1 aliphatic rings. The number of hydrogen-bond donors (Lipinski definition) is 2. The zero-order valence-corrected chi connectivity index (χ0v) is 13.0. The number of halogens is 3.